The van der Waals surface area contributed by atoms with E-state index < -0.39 is 0 Å². The molecule has 2 aromatic heterocycles. The molecule has 0 atom stereocenters. The molecule has 0 bridgehead atoms. The van der Waals surface area contributed by atoms with E-state index in [4.69, 9.17) is 0 Å². The Bertz CT molecular complexity index is 861. The predicted molar refractivity (Wildman–Crippen MR) is 74.1 cm³/mol. The van der Waals surface area contributed by atoms with Crippen molar-refractivity contribution in [3.63, 3.8) is 0 Å². The molecule has 1 aromatic carbocycles. The SMILES string of the molecule is O=C1c2cc3cccnc3nc2N1c1ccccc1O. The fourth-order valence-corrected chi connectivity index (χ4v) is 2.36. The van der Waals surface area contributed by atoms with Gasteiger partial charge >= 0.3 is 0 Å². The Labute approximate surface area is 114 Å². The minimum Gasteiger partial charge on any atom is -0.506 e. The smallest absolute Gasteiger partial charge is 0.267 e. The highest BCUT2D eigenvalue weighted by Gasteiger charge is 2.37. The summed E-state index contributed by atoms with van der Waals surface area (Å²) in [5, 5.41) is 10.7. The van der Waals surface area contributed by atoms with Gasteiger partial charge in [0, 0.05) is 11.6 Å². The van der Waals surface area contributed by atoms with Crippen LogP contribution in [0.25, 0.3) is 11.0 Å². The molecule has 5 heteroatoms. The van der Waals surface area contributed by atoms with Crippen molar-refractivity contribution in [2.45, 2.75) is 0 Å². The number of nitrogens with zero attached hydrogens (tertiary/aromatic N) is 3. The molecular formula is C15H9N3O2. The molecular weight excluding hydrogens is 254 g/mol. The highest BCUT2D eigenvalue weighted by Crippen LogP contribution is 2.42. The van der Waals surface area contributed by atoms with Crippen LogP contribution in [-0.2, 0) is 0 Å². The standard InChI is InChI=1S/C15H9N3O2/c19-12-6-2-1-5-11(12)18-14-10(15(18)20)8-9-4-3-7-16-13(9)17-14/h1-8,19H. The highest BCUT2D eigenvalue weighted by molar-refractivity contribution is 6.24. The first kappa shape index (κ1) is 10.9. The van der Waals surface area contributed by atoms with E-state index in [0.717, 1.165) is 5.39 Å². The van der Waals surface area contributed by atoms with Crippen LogP contribution < -0.4 is 4.90 Å². The molecule has 20 heavy (non-hydrogen) atoms. The third-order valence-corrected chi connectivity index (χ3v) is 3.34. The van der Waals surface area contributed by atoms with Gasteiger partial charge in [-0.1, -0.05) is 12.1 Å². The molecule has 1 amide bonds. The third kappa shape index (κ3) is 1.34. The van der Waals surface area contributed by atoms with E-state index in [1.165, 1.54) is 4.90 Å². The second-order valence-corrected chi connectivity index (χ2v) is 4.54. The molecule has 3 heterocycles. The number of rotatable bonds is 1. The van der Waals surface area contributed by atoms with Crippen molar-refractivity contribution in [1.82, 2.24) is 9.97 Å². The monoisotopic (exact) mass is 263 g/mol. The Morgan fingerprint density at radius 3 is 2.80 bits per heavy atom. The van der Waals surface area contributed by atoms with Crippen LogP contribution in [0.1, 0.15) is 10.4 Å². The minimum atomic E-state index is -0.167. The lowest BCUT2D eigenvalue weighted by molar-refractivity contribution is 0.0978. The number of carbonyl (C=O) groups excluding carboxylic acids is 1. The third-order valence-electron chi connectivity index (χ3n) is 3.34. The Morgan fingerprint density at radius 1 is 1.10 bits per heavy atom. The normalized spacial score (nSPS) is 13.2. The predicted octanol–water partition coefficient (Wildman–Crippen LogP) is 2.63. The molecule has 1 N–H and O–H groups in total. The van der Waals surface area contributed by atoms with Gasteiger partial charge in [0.15, 0.2) is 11.5 Å². The zero-order valence-corrected chi connectivity index (χ0v) is 10.3. The number of para-hydroxylation sites is 2. The zero-order chi connectivity index (χ0) is 13.7. The van der Waals surface area contributed by atoms with Crippen LogP contribution in [0, 0.1) is 0 Å². The summed E-state index contributed by atoms with van der Waals surface area (Å²) in [5.74, 6) is 0.414. The fourth-order valence-electron chi connectivity index (χ4n) is 2.36. The van der Waals surface area contributed by atoms with Crippen molar-refractivity contribution in [2.24, 2.45) is 0 Å². The lowest BCUT2D eigenvalue weighted by Gasteiger charge is -2.32. The van der Waals surface area contributed by atoms with E-state index in [1.807, 2.05) is 6.07 Å². The quantitative estimate of drug-likeness (QED) is 0.733. The number of benzene rings is 1. The lowest BCUT2D eigenvalue weighted by atomic mass is 10.0. The second-order valence-electron chi connectivity index (χ2n) is 4.54. The van der Waals surface area contributed by atoms with E-state index in [2.05, 4.69) is 9.97 Å². The Morgan fingerprint density at radius 2 is 1.95 bits per heavy atom. The summed E-state index contributed by atoms with van der Waals surface area (Å²) in [5.41, 5.74) is 1.57. The molecule has 1 aliphatic rings. The maximum absolute atomic E-state index is 12.2. The summed E-state index contributed by atoms with van der Waals surface area (Å²) >= 11 is 0. The Kier molecular flexibility index (Phi) is 2.06. The molecule has 3 aromatic rings. The number of aromatic hydroxyl groups is 1. The first-order valence-corrected chi connectivity index (χ1v) is 6.14. The van der Waals surface area contributed by atoms with E-state index in [0.29, 0.717) is 22.7 Å². The first-order valence-electron chi connectivity index (χ1n) is 6.14. The van der Waals surface area contributed by atoms with Gasteiger partial charge in [-0.2, -0.15) is 0 Å². The number of fused-ring (bicyclic) bond motifs is 2. The van der Waals surface area contributed by atoms with Crippen molar-refractivity contribution in [3.05, 3.63) is 54.2 Å². The lowest BCUT2D eigenvalue weighted by Crippen LogP contribution is -2.37. The van der Waals surface area contributed by atoms with E-state index in [1.54, 1.807) is 42.6 Å². The fraction of sp³-hybridized carbons (Fsp3) is 0. The van der Waals surface area contributed by atoms with Gasteiger partial charge in [0.05, 0.1) is 11.3 Å². The van der Waals surface area contributed by atoms with Gasteiger partial charge in [-0.3, -0.25) is 9.69 Å². The maximum Gasteiger partial charge on any atom is 0.267 e. The number of carbonyl (C=O) groups is 1. The number of aromatic nitrogens is 2. The molecule has 0 spiro atoms. The van der Waals surface area contributed by atoms with Gasteiger partial charge in [-0.05, 0) is 30.3 Å². The Hall–Kier alpha value is -2.95. The average molecular weight is 263 g/mol. The molecule has 0 radical (unpaired) electrons. The van der Waals surface area contributed by atoms with Crippen molar-refractivity contribution >= 4 is 28.4 Å². The van der Waals surface area contributed by atoms with Crippen molar-refractivity contribution in [3.8, 4) is 5.75 Å². The summed E-state index contributed by atoms with van der Waals surface area (Å²) in [6, 6.07) is 12.1. The van der Waals surface area contributed by atoms with Crippen molar-refractivity contribution in [2.75, 3.05) is 4.90 Å². The summed E-state index contributed by atoms with van der Waals surface area (Å²) in [7, 11) is 0. The first-order chi connectivity index (χ1) is 9.75. The number of phenolic OH excluding ortho intramolecular Hbond substituents is 1. The number of hydrogen-bond acceptors (Lipinski definition) is 4. The topological polar surface area (TPSA) is 66.3 Å². The van der Waals surface area contributed by atoms with Crippen LogP contribution in [0.3, 0.4) is 0 Å². The van der Waals surface area contributed by atoms with Crippen LogP contribution >= 0.6 is 0 Å². The Balaban J connectivity index is 1.92. The largest absolute Gasteiger partial charge is 0.506 e. The molecule has 5 nitrogen and oxygen atoms in total. The van der Waals surface area contributed by atoms with Gasteiger partial charge in [0.2, 0.25) is 0 Å². The summed E-state index contributed by atoms with van der Waals surface area (Å²) < 4.78 is 0. The molecule has 0 saturated carbocycles. The van der Waals surface area contributed by atoms with Gasteiger partial charge in [-0.25, -0.2) is 9.97 Å². The minimum absolute atomic E-state index is 0.0504. The van der Waals surface area contributed by atoms with Crippen molar-refractivity contribution < 1.29 is 9.90 Å². The maximum atomic E-state index is 12.2. The van der Waals surface area contributed by atoms with Gasteiger partial charge in [0.25, 0.3) is 5.91 Å². The molecule has 0 aliphatic carbocycles. The number of hydrogen-bond donors (Lipinski definition) is 1. The van der Waals surface area contributed by atoms with E-state index >= 15 is 0 Å². The van der Waals surface area contributed by atoms with E-state index in [9.17, 15) is 9.90 Å². The van der Waals surface area contributed by atoms with Crippen LogP contribution in [0.4, 0.5) is 11.5 Å². The summed E-state index contributed by atoms with van der Waals surface area (Å²) in [6.07, 6.45) is 1.66. The summed E-state index contributed by atoms with van der Waals surface area (Å²) in [6.45, 7) is 0. The molecule has 1 aliphatic heterocycles. The van der Waals surface area contributed by atoms with Crippen molar-refractivity contribution in [1.29, 1.82) is 0 Å². The van der Waals surface area contributed by atoms with Crippen LogP contribution in [0.15, 0.2) is 48.7 Å². The van der Waals surface area contributed by atoms with Gasteiger partial charge in [-0.15, -0.1) is 0 Å². The molecule has 0 unspecified atom stereocenters. The number of amides is 1. The number of anilines is 2. The van der Waals surface area contributed by atoms with E-state index in [-0.39, 0.29) is 11.7 Å². The zero-order valence-electron chi connectivity index (χ0n) is 10.3. The van der Waals surface area contributed by atoms with Crippen LogP contribution in [0.5, 0.6) is 5.75 Å². The molecule has 96 valence electrons. The molecule has 0 fully saturated rings. The summed E-state index contributed by atoms with van der Waals surface area (Å²) in [4.78, 5) is 22.2. The van der Waals surface area contributed by atoms with Crippen LogP contribution in [-0.4, -0.2) is 21.0 Å². The number of phenols is 1. The van der Waals surface area contributed by atoms with Crippen LogP contribution in [0.2, 0.25) is 0 Å². The van der Waals surface area contributed by atoms with Gasteiger partial charge < -0.3 is 5.11 Å². The second kappa shape index (κ2) is 3.77. The highest BCUT2D eigenvalue weighted by atomic mass is 16.3. The number of pyridine rings is 2. The average Bonchev–Trinajstić information content (AvgIpc) is 2.48. The molecule has 0 saturated heterocycles. The molecule has 4 rings (SSSR count). The van der Waals surface area contributed by atoms with Gasteiger partial charge in [0.1, 0.15) is 5.75 Å².